The minimum Gasteiger partial charge on any atom is -0.494 e. The Labute approximate surface area is 163 Å². The highest BCUT2D eigenvalue weighted by atomic mass is 16.5. The van der Waals surface area contributed by atoms with Crippen LogP contribution in [-0.2, 0) is 6.54 Å². The Bertz CT molecular complexity index is 741. The Morgan fingerprint density at radius 1 is 0.963 bits per heavy atom. The number of piperidine rings is 1. The molecule has 0 aromatic heterocycles. The molecule has 144 valence electrons. The van der Waals surface area contributed by atoms with Crippen LogP contribution < -0.4 is 9.64 Å². The summed E-state index contributed by atoms with van der Waals surface area (Å²) in [4.78, 5) is 5.34. The van der Waals surface area contributed by atoms with Crippen molar-refractivity contribution in [2.24, 2.45) is 11.3 Å². The topological polar surface area (TPSA) is 15.7 Å². The number of fused-ring (bicyclic) bond motifs is 4. The summed E-state index contributed by atoms with van der Waals surface area (Å²) in [5.41, 5.74) is 3.08. The number of nitrogens with zero attached hydrogens (tertiary/aromatic N) is 2. The van der Waals surface area contributed by atoms with Gasteiger partial charge in [0.1, 0.15) is 5.75 Å². The first-order valence-corrected chi connectivity index (χ1v) is 10.3. The van der Waals surface area contributed by atoms with E-state index in [0.29, 0.717) is 17.4 Å². The molecule has 3 heteroatoms. The molecule has 2 aromatic carbocycles. The van der Waals surface area contributed by atoms with Crippen LogP contribution in [0.5, 0.6) is 5.75 Å². The summed E-state index contributed by atoms with van der Waals surface area (Å²) in [6.07, 6.45) is 1.32. The van der Waals surface area contributed by atoms with Gasteiger partial charge in [0.25, 0.3) is 0 Å². The van der Waals surface area contributed by atoms with Crippen molar-refractivity contribution in [3.05, 3.63) is 60.2 Å². The standard InChI is InChI=1S/C24H32N2O/c1-4-27-22-12-10-21(11-13-22)26-17-20-14-24(2,3)23(26)18-25(16-20)15-19-8-6-5-7-9-19/h5-13,20,23H,4,14-18H2,1-3H3/t20-,23-/m1/s1. The van der Waals surface area contributed by atoms with E-state index in [0.717, 1.165) is 32.0 Å². The third-order valence-corrected chi connectivity index (χ3v) is 6.22. The van der Waals surface area contributed by atoms with E-state index in [2.05, 4.69) is 78.2 Å². The fourth-order valence-corrected chi connectivity index (χ4v) is 5.08. The van der Waals surface area contributed by atoms with Crippen LogP contribution in [0.15, 0.2) is 54.6 Å². The maximum Gasteiger partial charge on any atom is 0.119 e. The second kappa shape index (κ2) is 7.55. The summed E-state index contributed by atoms with van der Waals surface area (Å²) in [5.74, 6) is 1.68. The molecule has 0 spiro atoms. The molecule has 3 aliphatic heterocycles. The number of ether oxygens (including phenoxy) is 1. The predicted octanol–water partition coefficient (Wildman–Crippen LogP) is 4.82. The van der Waals surface area contributed by atoms with Gasteiger partial charge in [0.2, 0.25) is 0 Å². The molecule has 0 N–H and O–H groups in total. The normalized spacial score (nSPS) is 24.6. The molecular formula is C24H32N2O. The molecule has 3 aliphatic rings. The molecule has 0 saturated carbocycles. The second-order valence-corrected chi connectivity index (χ2v) is 8.83. The summed E-state index contributed by atoms with van der Waals surface area (Å²) in [7, 11) is 0. The van der Waals surface area contributed by atoms with Gasteiger partial charge in [-0.05, 0) is 54.5 Å². The molecule has 2 bridgehead atoms. The van der Waals surface area contributed by atoms with Gasteiger partial charge in [0, 0.05) is 37.9 Å². The van der Waals surface area contributed by atoms with E-state index in [4.69, 9.17) is 4.74 Å². The van der Waals surface area contributed by atoms with Crippen LogP contribution in [0.2, 0.25) is 0 Å². The Kier molecular flexibility index (Phi) is 5.14. The molecule has 2 atom stereocenters. The van der Waals surface area contributed by atoms with E-state index >= 15 is 0 Å². The van der Waals surface area contributed by atoms with E-state index in [1.54, 1.807) is 0 Å². The third-order valence-electron chi connectivity index (χ3n) is 6.22. The van der Waals surface area contributed by atoms with Gasteiger partial charge < -0.3 is 9.64 Å². The molecule has 27 heavy (non-hydrogen) atoms. The quantitative estimate of drug-likeness (QED) is 0.756. The third kappa shape index (κ3) is 3.98. The van der Waals surface area contributed by atoms with Gasteiger partial charge >= 0.3 is 0 Å². The molecule has 3 heterocycles. The Morgan fingerprint density at radius 3 is 2.41 bits per heavy atom. The number of hydrogen-bond donors (Lipinski definition) is 0. The average molecular weight is 365 g/mol. The molecular weight excluding hydrogens is 332 g/mol. The van der Waals surface area contributed by atoms with Gasteiger partial charge in [-0.2, -0.15) is 0 Å². The second-order valence-electron chi connectivity index (χ2n) is 8.83. The first-order chi connectivity index (χ1) is 13.0. The summed E-state index contributed by atoms with van der Waals surface area (Å²) in [5, 5.41) is 0. The van der Waals surface area contributed by atoms with Crippen LogP contribution >= 0.6 is 0 Å². The number of anilines is 1. The van der Waals surface area contributed by atoms with E-state index < -0.39 is 0 Å². The summed E-state index contributed by atoms with van der Waals surface area (Å²) in [6, 6.07) is 20.2. The number of benzene rings is 2. The van der Waals surface area contributed by atoms with Crippen LogP contribution in [0.1, 0.15) is 32.8 Å². The first kappa shape index (κ1) is 18.4. The molecule has 3 nitrogen and oxygen atoms in total. The van der Waals surface area contributed by atoms with Crippen molar-refractivity contribution in [1.29, 1.82) is 0 Å². The van der Waals surface area contributed by atoms with Crippen LogP contribution in [0.3, 0.4) is 0 Å². The lowest BCUT2D eigenvalue weighted by Crippen LogP contribution is -2.53. The van der Waals surface area contributed by atoms with Crippen molar-refractivity contribution < 1.29 is 4.74 Å². The van der Waals surface area contributed by atoms with Crippen molar-refractivity contribution in [2.75, 3.05) is 31.1 Å². The lowest BCUT2D eigenvalue weighted by Gasteiger charge is -2.48. The van der Waals surface area contributed by atoms with Gasteiger partial charge in [0.15, 0.2) is 0 Å². The van der Waals surface area contributed by atoms with Gasteiger partial charge in [-0.1, -0.05) is 44.2 Å². The average Bonchev–Trinajstić information content (AvgIpc) is 2.89. The highest BCUT2D eigenvalue weighted by Crippen LogP contribution is 2.43. The Morgan fingerprint density at radius 2 is 1.70 bits per heavy atom. The highest BCUT2D eigenvalue weighted by molar-refractivity contribution is 5.51. The molecule has 0 radical (unpaired) electrons. The van der Waals surface area contributed by atoms with E-state index in [9.17, 15) is 0 Å². The van der Waals surface area contributed by atoms with Crippen LogP contribution in [-0.4, -0.2) is 37.2 Å². The summed E-state index contributed by atoms with van der Waals surface area (Å²) < 4.78 is 5.63. The molecule has 3 saturated heterocycles. The Hall–Kier alpha value is -2.00. The zero-order valence-electron chi connectivity index (χ0n) is 16.9. The predicted molar refractivity (Wildman–Crippen MR) is 112 cm³/mol. The van der Waals surface area contributed by atoms with Crippen molar-refractivity contribution in [3.63, 3.8) is 0 Å². The zero-order valence-corrected chi connectivity index (χ0v) is 16.9. The van der Waals surface area contributed by atoms with E-state index in [1.807, 2.05) is 6.92 Å². The lowest BCUT2D eigenvalue weighted by atomic mass is 9.73. The lowest BCUT2D eigenvalue weighted by molar-refractivity contribution is 0.190. The minimum absolute atomic E-state index is 0.326. The number of rotatable bonds is 5. The largest absolute Gasteiger partial charge is 0.494 e. The minimum atomic E-state index is 0.326. The summed E-state index contributed by atoms with van der Waals surface area (Å²) in [6.45, 7) is 12.2. The molecule has 0 unspecified atom stereocenters. The SMILES string of the molecule is CCOc1ccc(N2C[C@H]3CN(Cc4ccccc4)C[C@@H]2C(C)(C)C3)cc1. The molecule has 0 aliphatic carbocycles. The van der Waals surface area contributed by atoms with E-state index in [-0.39, 0.29) is 0 Å². The first-order valence-electron chi connectivity index (χ1n) is 10.3. The highest BCUT2D eigenvalue weighted by Gasteiger charge is 2.45. The van der Waals surface area contributed by atoms with Gasteiger partial charge in [-0.15, -0.1) is 0 Å². The number of hydrogen-bond acceptors (Lipinski definition) is 3. The van der Waals surface area contributed by atoms with Crippen molar-refractivity contribution >= 4 is 5.69 Å². The van der Waals surface area contributed by atoms with Crippen molar-refractivity contribution in [1.82, 2.24) is 4.90 Å². The van der Waals surface area contributed by atoms with Gasteiger partial charge in [-0.25, -0.2) is 0 Å². The van der Waals surface area contributed by atoms with Crippen molar-refractivity contribution in [3.8, 4) is 5.75 Å². The van der Waals surface area contributed by atoms with Crippen molar-refractivity contribution in [2.45, 2.75) is 39.8 Å². The van der Waals surface area contributed by atoms with Crippen LogP contribution in [0.4, 0.5) is 5.69 Å². The zero-order chi connectivity index (χ0) is 18.9. The smallest absolute Gasteiger partial charge is 0.119 e. The molecule has 0 amide bonds. The van der Waals surface area contributed by atoms with E-state index in [1.165, 1.54) is 24.2 Å². The molecule has 5 rings (SSSR count). The maximum absolute atomic E-state index is 5.63. The maximum atomic E-state index is 5.63. The fourth-order valence-electron chi connectivity index (χ4n) is 5.08. The molecule has 2 aromatic rings. The Balaban J connectivity index is 1.56. The van der Waals surface area contributed by atoms with Crippen LogP contribution in [0.25, 0.3) is 0 Å². The monoisotopic (exact) mass is 364 g/mol. The molecule has 3 fully saturated rings. The van der Waals surface area contributed by atoms with Crippen LogP contribution in [0, 0.1) is 11.3 Å². The summed E-state index contributed by atoms with van der Waals surface area (Å²) >= 11 is 0. The van der Waals surface area contributed by atoms with Gasteiger partial charge in [-0.3, -0.25) is 4.90 Å². The van der Waals surface area contributed by atoms with Gasteiger partial charge in [0.05, 0.1) is 6.61 Å². The fraction of sp³-hybridized carbons (Fsp3) is 0.500.